The second-order valence-corrected chi connectivity index (χ2v) is 6.60. The summed E-state index contributed by atoms with van der Waals surface area (Å²) in [5.74, 6) is 0.523. The van der Waals surface area contributed by atoms with Crippen LogP contribution in [0.1, 0.15) is 19.8 Å². The summed E-state index contributed by atoms with van der Waals surface area (Å²) in [5.41, 5.74) is 2.00. The van der Waals surface area contributed by atoms with Crippen LogP contribution in [-0.2, 0) is 9.53 Å². The highest BCUT2D eigenvalue weighted by atomic mass is 16.5. The number of esters is 1. The van der Waals surface area contributed by atoms with Crippen LogP contribution >= 0.6 is 0 Å². The number of hydrogen-bond acceptors (Lipinski definition) is 5. The zero-order valence-corrected chi connectivity index (χ0v) is 14.8. The fraction of sp³-hybridized carbons (Fsp3) is 0.286. The summed E-state index contributed by atoms with van der Waals surface area (Å²) in [6.07, 6.45) is 3.43. The van der Waals surface area contributed by atoms with E-state index in [4.69, 9.17) is 9.72 Å². The van der Waals surface area contributed by atoms with Crippen LogP contribution in [-0.4, -0.2) is 35.1 Å². The molecule has 132 valence electrons. The Labute approximate surface area is 152 Å². The van der Waals surface area contributed by atoms with Crippen LogP contribution in [0.3, 0.4) is 0 Å². The fourth-order valence-electron chi connectivity index (χ4n) is 3.42. The number of hydrogen-bond donors (Lipinski definition) is 0. The molecule has 0 aliphatic carbocycles. The van der Waals surface area contributed by atoms with Gasteiger partial charge in [0.1, 0.15) is 6.10 Å². The normalized spacial score (nSPS) is 15.2. The van der Waals surface area contributed by atoms with Crippen molar-refractivity contribution in [3.63, 3.8) is 0 Å². The van der Waals surface area contributed by atoms with Gasteiger partial charge in [-0.25, -0.2) is 9.97 Å². The summed E-state index contributed by atoms with van der Waals surface area (Å²) >= 11 is 0. The summed E-state index contributed by atoms with van der Waals surface area (Å²) < 4.78 is 5.30. The van der Waals surface area contributed by atoms with Crippen LogP contribution in [0.5, 0.6) is 0 Å². The first-order chi connectivity index (χ1) is 12.7. The van der Waals surface area contributed by atoms with Gasteiger partial charge in [-0.15, -0.1) is 0 Å². The molecule has 3 aromatic rings. The van der Waals surface area contributed by atoms with Gasteiger partial charge in [0.05, 0.1) is 5.69 Å². The molecule has 5 heteroatoms. The first-order valence-corrected chi connectivity index (χ1v) is 8.93. The number of carbonyl (C=O) groups excluding carboxylic acids is 1. The average Bonchev–Trinajstić information content (AvgIpc) is 2.68. The average molecular weight is 347 g/mol. The van der Waals surface area contributed by atoms with Crippen LogP contribution in [0.2, 0.25) is 0 Å². The second kappa shape index (κ2) is 7.12. The third kappa shape index (κ3) is 3.52. The third-order valence-electron chi connectivity index (χ3n) is 4.75. The molecule has 0 saturated carbocycles. The van der Waals surface area contributed by atoms with Crippen molar-refractivity contribution in [3.05, 3.63) is 54.7 Å². The Hall–Kier alpha value is -2.95. The summed E-state index contributed by atoms with van der Waals surface area (Å²) in [4.78, 5) is 22.5. The molecular formula is C21H21N3O2. The van der Waals surface area contributed by atoms with Gasteiger partial charge in [-0.1, -0.05) is 36.4 Å². The third-order valence-corrected chi connectivity index (χ3v) is 4.75. The summed E-state index contributed by atoms with van der Waals surface area (Å²) in [7, 11) is 0. The van der Waals surface area contributed by atoms with Crippen molar-refractivity contribution >= 4 is 22.7 Å². The number of carbonyl (C=O) groups is 1. The molecule has 26 heavy (non-hydrogen) atoms. The molecule has 0 bridgehead atoms. The van der Waals surface area contributed by atoms with Gasteiger partial charge in [0.25, 0.3) is 0 Å². The van der Waals surface area contributed by atoms with Gasteiger partial charge in [0.15, 0.2) is 0 Å². The first-order valence-electron chi connectivity index (χ1n) is 8.93. The predicted molar refractivity (Wildman–Crippen MR) is 102 cm³/mol. The minimum atomic E-state index is -0.210. The number of fused-ring (bicyclic) bond motifs is 1. The van der Waals surface area contributed by atoms with Gasteiger partial charge in [-0.05, 0) is 22.9 Å². The van der Waals surface area contributed by atoms with Crippen LogP contribution < -0.4 is 4.90 Å². The van der Waals surface area contributed by atoms with Gasteiger partial charge in [0, 0.05) is 44.6 Å². The maximum absolute atomic E-state index is 11.1. The van der Waals surface area contributed by atoms with Crippen molar-refractivity contribution in [3.8, 4) is 11.3 Å². The molecule has 1 aromatic heterocycles. The molecule has 0 atom stereocenters. The van der Waals surface area contributed by atoms with Gasteiger partial charge in [-0.2, -0.15) is 0 Å². The Morgan fingerprint density at radius 3 is 2.62 bits per heavy atom. The smallest absolute Gasteiger partial charge is 0.302 e. The lowest BCUT2D eigenvalue weighted by atomic mass is 10.1. The standard InChI is InChI=1S/C21H21N3O2/c1-15(25)26-19-9-12-24(13-10-19)21-22-11-8-20(23-21)18-7-6-16-4-2-3-5-17(16)14-18/h2-8,11,14,19H,9-10,12-13H2,1H3. The molecule has 1 saturated heterocycles. The zero-order valence-electron chi connectivity index (χ0n) is 14.8. The number of ether oxygens (including phenoxy) is 1. The van der Waals surface area contributed by atoms with Crippen molar-refractivity contribution in [2.75, 3.05) is 18.0 Å². The Balaban J connectivity index is 1.54. The molecular weight excluding hydrogens is 326 g/mol. The highest BCUT2D eigenvalue weighted by molar-refractivity contribution is 5.86. The number of rotatable bonds is 3. The topological polar surface area (TPSA) is 55.3 Å². The molecule has 0 spiro atoms. The van der Waals surface area contributed by atoms with Gasteiger partial charge in [0.2, 0.25) is 5.95 Å². The molecule has 0 amide bonds. The Bertz CT molecular complexity index is 933. The van der Waals surface area contributed by atoms with Crippen LogP contribution in [0.15, 0.2) is 54.7 Å². The van der Waals surface area contributed by atoms with E-state index in [1.54, 1.807) is 0 Å². The van der Waals surface area contributed by atoms with Crippen molar-refractivity contribution in [1.82, 2.24) is 9.97 Å². The SMILES string of the molecule is CC(=O)OC1CCN(c2nccc(-c3ccc4ccccc4c3)n2)CC1. The van der Waals surface area contributed by atoms with Crippen molar-refractivity contribution < 1.29 is 9.53 Å². The Morgan fingerprint density at radius 1 is 1.08 bits per heavy atom. The van der Waals surface area contributed by atoms with Crippen LogP contribution in [0, 0.1) is 0 Å². The zero-order chi connectivity index (χ0) is 17.9. The van der Waals surface area contributed by atoms with Crippen molar-refractivity contribution in [2.45, 2.75) is 25.9 Å². The summed E-state index contributed by atoms with van der Waals surface area (Å²) in [6, 6.07) is 16.6. The molecule has 1 fully saturated rings. The van der Waals surface area contributed by atoms with Crippen LogP contribution in [0.25, 0.3) is 22.0 Å². The lowest BCUT2D eigenvalue weighted by molar-refractivity contribution is -0.147. The maximum atomic E-state index is 11.1. The van der Waals surface area contributed by atoms with Crippen molar-refractivity contribution in [1.29, 1.82) is 0 Å². The van der Waals surface area contributed by atoms with E-state index in [0.717, 1.165) is 43.1 Å². The first kappa shape index (κ1) is 16.5. The minimum absolute atomic E-state index is 0.00687. The van der Waals surface area contributed by atoms with E-state index in [0.29, 0.717) is 0 Å². The highest BCUT2D eigenvalue weighted by Crippen LogP contribution is 2.25. The molecule has 0 unspecified atom stereocenters. The van der Waals surface area contributed by atoms with E-state index in [1.165, 1.54) is 17.7 Å². The van der Waals surface area contributed by atoms with E-state index < -0.39 is 0 Å². The fourth-order valence-corrected chi connectivity index (χ4v) is 3.42. The number of anilines is 1. The largest absolute Gasteiger partial charge is 0.462 e. The Morgan fingerprint density at radius 2 is 1.85 bits per heavy atom. The summed E-state index contributed by atoms with van der Waals surface area (Å²) in [6.45, 7) is 3.04. The quantitative estimate of drug-likeness (QED) is 0.674. The maximum Gasteiger partial charge on any atom is 0.302 e. The lowest BCUT2D eigenvalue weighted by Gasteiger charge is -2.31. The van der Waals surface area contributed by atoms with E-state index in [9.17, 15) is 4.79 Å². The summed E-state index contributed by atoms with van der Waals surface area (Å²) in [5, 5.41) is 2.42. The monoisotopic (exact) mass is 347 g/mol. The van der Waals surface area contributed by atoms with E-state index in [1.807, 2.05) is 24.4 Å². The van der Waals surface area contributed by atoms with E-state index in [2.05, 4.69) is 40.2 Å². The van der Waals surface area contributed by atoms with Gasteiger partial charge < -0.3 is 9.64 Å². The van der Waals surface area contributed by atoms with Gasteiger partial charge >= 0.3 is 5.97 Å². The van der Waals surface area contributed by atoms with Crippen LogP contribution in [0.4, 0.5) is 5.95 Å². The minimum Gasteiger partial charge on any atom is -0.462 e. The molecule has 2 heterocycles. The second-order valence-electron chi connectivity index (χ2n) is 6.60. The molecule has 0 N–H and O–H groups in total. The molecule has 2 aromatic carbocycles. The number of nitrogens with zero attached hydrogens (tertiary/aromatic N) is 3. The number of benzene rings is 2. The highest BCUT2D eigenvalue weighted by Gasteiger charge is 2.23. The van der Waals surface area contributed by atoms with E-state index in [-0.39, 0.29) is 12.1 Å². The number of piperidine rings is 1. The van der Waals surface area contributed by atoms with Crippen molar-refractivity contribution in [2.24, 2.45) is 0 Å². The van der Waals surface area contributed by atoms with Gasteiger partial charge in [-0.3, -0.25) is 4.79 Å². The lowest BCUT2D eigenvalue weighted by Crippen LogP contribution is -2.38. The molecule has 5 nitrogen and oxygen atoms in total. The number of aromatic nitrogens is 2. The predicted octanol–water partition coefficient (Wildman–Crippen LogP) is 3.83. The Kier molecular flexibility index (Phi) is 4.52. The molecule has 1 aliphatic rings. The molecule has 0 radical (unpaired) electrons. The van der Waals surface area contributed by atoms with E-state index >= 15 is 0 Å². The molecule has 1 aliphatic heterocycles. The molecule has 4 rings (SSSR count).